The number of nitrogens with one attached hydrogen (secondary N) is 1. The van der Waals surface area contributed by atoms with Gasteiger partial charge in [-0.15, -0.1) is 0 Å². The van der Waals surface area contributed by atoms with Crippen LogP contribution < -0.4 is 16.8 Å². The quantitative estimate of drug-likeness (QED) is 0.706. The van der Waals surface area contributed by atoms with Crippen molar-refractivity contribution in [2.75, 3.05) is 17.3 Å². The molecule has 0 saturated heterocycles. The number of halogens is 1. The molecule has 0 aliphatic carbocycles. The first-order valence-electron chi connectivity index (χ1n) is 5.95. The van der Waals surface area contributed by atoms with E-state index in [1.807, 2.05) is 0 Å². The second-order valence-electron chi connectivity index (χ2n) is 4.52. The molecule has 0 aliphatic rings. The third-order valence-electron chi connectivity index (χ3n) is 2.68. The average Bonchev–Trinajstić information content (AvgIpc) is 2.35. The Labute approximate surface area is 123 Å². The predicted molar refractivity (Wildman–Crippen MR) is 80.3 cm³/mol. The van der Waals surface area contributed by atoms with E-state index in [-0.39, 0.29) is 12.2 Å². The van der Waals surface area contributed by atoms with E-state index >= 15 is 0 Å². The SMILES string of the molecule is CS(=O)(=O)CC[C@H](N)C(=O)Nc1ccc(CN)c(Cl)c1. The topological polar surface area (TPSA) is 115 Å². The highest BCUT2D eigenvalue weighted by molar-refractivity contribution is 7.90. The maximum Gasteiger partial charge on any atom is 0.241 e. The van der Waals surface area contributed by atoms with Gasteiger partial charge in [-0.1, -0.05) is 17.7 Å². The van der Waals surface area contributed by atoms with Gasteiger partial charge in [0, 0.05) is 23.5 Å². The normalized spacial score (nSPS) is 13.0. The highest BCUT2D eigenvalue weighted by atomic mass is 35.5. The number of carbonyl (C=O) groups is 1. The van der Waals surface area contributed by atoms with Crippen molar-refractivity contribution in [1.29, 1.82) is 0 Å². The van der Waals surface area contributed by atoms with Crippen molar-refractivity contribution in [3.8, 4) is 0 Å². The Morgan fingerprint density at radius 3 is 2.60 bits per heavy atom. The number of hydrogen-bond donors (Lipinski definition) is 3. The van der Waals surface area contributed by atoms with Gasteiger partial charge in [0.05, 0.1) is 11.8 Å². The standard InChI is InChI=1S/C12H18ClN3O3S/c1-20(18,19)5-4-11(15)12(17)16-9-3-2-8(7-14)10(13)6-9/h2-3,6,11H,4-5,7,14-15H2,1H3,(H,16,17)/t11-/m0/s1. The molecule has 5 N–H and O–H groups in total. The Hall–Kier alpha value is -1.15. The zero-order chi connectivity index (χ0) is 15.3. The van der Waals surface area contributed by atoms with Crippen LogP contribution in [0.1, 0.15) is 12.0 Å². The van der Waals surface area contributed by atoms with Gasteiger partial charge in [0.25, 0.3) is 0 Å². The summed E-state index contributed by atoms with van der Waals surface area (Å²) in [6, 6.07) is 4.05. The highest BCUT2D eigenvalue weighted by Gasteiger charge is 2.16. The summed E-state index contributed by atoms with van der Waals surface area (Å²) in [5.74, 6) is -0.584. The minimum Gasteiger partial charge on any atom is -0.326 e. The first-order chi connectivity index (χ1) is 9.23. The molecule has 1 amide bonds. The van der Waals surface area contributed by atoms with Crippen LogP contribution in [0.2, 0.25) is 5.02 Å². The lowest BCUT2D eigenvalue weighted by Crippen LogP contribution is -2.37. The van der Waals surface area contributed by atoms with Crippen LogP contribution in [0.3, 0.4) is 0 Å². The molecule has 112 valence electrons. The lowest BCUT2D eigenvalue weighted by Gasteiger charge is -2.12. The molecule has 0 bridgehead atoms. The first-order valence-corrected chi connectivity index (χ1v) is 8.39. The Kier molecular flexibility index (Phi) is 5.94. The number of carbonyl (C=O) groups excluding carboxylic acids is 1. The van der Waals surface area contributed by atoms with Crippen LogP contribution >= 0.6 is 11.6 Å². The summed E-state index contributed by atoms with van der Waals surface area (Å²) < 4.78 is 22.0. The van der Waals surface area contributed by atoms with Crippen LogP contribution in [0, 0.1) is 0 Å². The van der Waals surface area contributed by atoms with E-state index in [9.17, 15) is 13.2 Å². The summed E-state index contributed by atoms with van der Waals surface area (Å²) in [6.45, 7) is 0.306. The van der Waals surface area contributed by atoms with Gasteiger partial charge >= 0.3 is 0 Å². The van der Waals surface area contributed by atoms with Crippen molar-refractivity contribution < 1.29 is 13.2 Å². The largest absolute Gasteiger partial charge is 0.326 e. The smallest absolute Gasteiger partial charge is 0.241 e. The van der Waals surface area contributed by atoms with Crippen molar-refractivity contribution in [1.82, 2.24) is 0 Å². The molecule has 20 heavy (non-hydrogen) atoms. The minimum absolute atomic E-state index is 0.0687. The third kappa shape index (κ3) is 5.46. The molecule has 0 aromatic heterocycles. The van der Waals surface area contributed by atoms with E-state index in [1.54, 1.807) is 18.2 Å². The Bertz CT molecular complexity index is 590. The zero-order valence-electron chi connectivity index (χ0n) is 11.1. The van der Waals surface area contributed by atoms with E-state index < -0.39 is 21.8 Å². The molecule has 6 nitrogen and oxygen atoms in total. The average molecular weight is 320 g/mol. The van der Waals surface area contributed by atoms with Crippen LogP contribution in [-0.4, -0.2) is 32.4 Å². The Morgan fingerprint density at radius 2 is 2.10 bits per heavy atom. The number of sulfone groups is 1. The molecule has 0 fully saturated rings. The molecule has 0 aliphatic heterocycles. The van der Waals surface area contributed by atoms with Crippen molar-refractivity contribution >= 4 is 33.0 Å². The van der Waals surface area contributed by atoms with Gasteiger partial charge in [-0.05, 0) is 24.1 Å². The van der Waals surface area contributed by atoms with Crippen LogP contribution in [0.15, 0.2) is 18.2 Å². The van der Waals surface area contributed by atoms with Gasteiger partial charge in [-0.3, -0.25) is 4.79 Å². The fourth-order valence-electron chi connectivity index (χ4n) is 1.50. The highest BCUT2D eigenvalue weighted by Crippen LogP contribution is 2.20. The molecule has 1 rings (SSSR count). The summed E-state index contributed by atoms with van der Waals surface area (Å²) in [7, 11) is -3.14. The van der Waals surface area contributed by atoms with Crippen molar-refractivity contribution in [3.63, 3.8) is 0 Å². The Balaban J connectivity index is 2.64. The summed E-state index contributed by atoms with van der Waals surface area (Å²) in [4.78, 5) is 11.8. The van der Waals surface area contributed by atoms with Gasteiger partial charge in [0.1, 0.15) is 9.84 Å². The van der Waals surface area contributed by atoms with E-state index in [4.69, 9.17) is 23.1 Å². The Morgan fingerprint density at radius 1 is 1.45 bits per heavy atom. The lowest BCUT2D eigenvalue weighted by molar-refractivity contribution is -0.117. The number of anilines is 1. The number of benzene rings is 1. The van der Waals surface area contributed by atoms with E-state index in [1.165, 1.54) is 0 Å². The third-order valence-corrected chi connectivity index (χ3v) is 4.01. The molecular formula is C12H18ClN3O3S. The van der Waals surface area contributed by atoms with E-state index in [0.29, 0.717) is 17.3 Å². The molecule has 1 aromatic carbocycles. The molecule has 0 heterocycles. The van der Waals surface area contributed by atoms with Gasteiger partial charge < -0.3 is 16.8 Å². The van der Waals surface area contributed by atoms with E-state index in [2.05, 4.69) is 5.32 Å². The molecular weight excluding hydrogens is 302 g/mol. The molecule has 1 aromatic rings. The van der Waals surface area contributed by atoms with Crippen LogP contribution in [0.25, 0.3) is 0 Å². The lowest BCUT2D eigenvalue weighted by atomic mass is 10.2. The molecule has 0 spiro atoms. The molecule has 0 unspecified atom stereocenters. The maximum absolute atomic E-state index is 11.8. The fourth-order valence-corrected chi connectivity index (χ4v) is 2.44. The second kappa shape index (κ2) is 7.03. The number of hydrogen-bond acceptors (Lipinski definition) is 5. The number of nitrogens with two attached hydrogens (primary N) is 2. The summed E-state index contributed by atoms with van der Waals surface area (Å²) in [5.41, 5.74) is 12.4. The minimum atomic E-state index is -3.14. The first kappa shape index (κ1) is 16.9. The van der Waals surface area contributed by atoms with Gasteiger partial charge in [0.15, 0.2) is 0 Å². The molecule has 0 radical (unpaired) electrons. The number of rotatable bonds is 6. The maximum atomic E-state index is 11.8. The van der Waals surface area contributed by atoms with Gasteiger partial charge in [-0.2, -0.15) is 0 Å². The van der Waals surface area contributed by atoms with Gasteiger partial charge in [0.2, 0.25) is 5.91 Å². The predicted octanol–water partition coefficient (Wildman–Crippen LogP) is 0.499. The summed E-state index contributed by atoms with van der Waals surface area (Å²) in [6.07, 6.45) is 1.17. The van der Waals surface area contributed by atoms with Crippen LogP contribution in [0.4, 0.5) is 5.69 Å². The second-order valence-corrected chi connectivity index (χ2v) is 7.19. The number of amides is 1. The molecule has 0 saturated carbocycles. The van der Waals surface area contributed by atoms with Crippen molar-refractivity contribution in [2.24, 2.45) is 11.5 Å². The monoisotopic (exact) mass is 319 g/mol. The van der Waals surface area contributed by atoms with Crippen molar-refractivity contribution in [3.05, 3.63) is 28.8 Å². The fraction of sp³-hybridized carbons (Fsp3) is 0.417. The molecule has 8 heteroatoms. The summed E-state index contributed by atoms with van der Waals surface area (Å²) >= 11 is 5.97. The van der Waals surface area contributed by atoms with Crippen molar-refractivity contribution in [2.45, 2.75) is 19.0 Å². The van der Waals surface area contributed by atoms with Crippen LogP contribution in [0.5, 0.6) is 0 Å². The zero-order valence-corrected chi connectivity index (χ0v) is 12.7. The molecule has 1 atom stereocenters. The van der Waals surface area contributed by atoms with Gasteiger partial charge in [-0.25, -0.2) is 8.42 Å². The summed E-state index contributed by atoms with van der Waals surface area (Å²) in [5, 5.41) is 3.04. The van der Waals surface area contributed by atoms with Crippen LogP contribution in [-0.2, 0) is 21.2 Å². The van der Waals surface area contributed by atoms with E-state index in [0.717, 1.165) is 11.8 Å².